The first-order chi connectivity index (χ1) is 9.88. The number of piperidine rings is 1. The molecular formula is C16H27N3OS. The van der Waals surface area contributed by atoms with Gasteiger partial charge < -0.3 is 10.2 Å². The van der Waals surface area contributed by atoms with Gasteiger partial charge in [0.25, 0.3) is 0 Å². The van der Waals surface area contributed by atoms with E-state index in [2.05, 4.69) is 36.5 Å². The Morgan fingerprint density at radius 2 is 2.05 bits per heavy atom. The molecule has 1 aliphatic rings. The smallest absolute Gasteiger partial charge is 0.239 e. The number of carbonyl (C=O) groups excluding carboxylic acids is 1. The average molecular weight is 309 g/mol. The Kier molecular flexibility index (Phi) is 5.38. The summed E-state index contributed by atoms with van der Waals surface area (Å²) in [6, 6.07) is -0.136. The lowest BCUT2D eigenvalue weighted by atomic mass is 9.98. The van der Waals surface area contributed by atoms with Gasteiger partial charge in [-0.3, -0.25) is 4.79 Å². The summed E-state index contributed by atoms with van der Waals surface area (Å²) in [5, 5.41) is 6.55. The Labute approximate surface area is 132 Å². The normalized spacial score (nSPS) is 17.8. The van der Waals surface area contributed by atoms with E-state index < -0.39 is 0 Å². The Hall–Kier alpha value is -0.940. The zero-order chi connectivity index (χ0) is 15.5. The van der Waals surface area contributed by atoms with Crippen molar-refractivity contribution < 1.29 is 4.79 Å². The molecule has 1 fully saturated rings. The first-order valence-corrected chi connectivity index (χ1v) is 8.73. The van der Waals surface area contributed by atoms with Gasteiger partial charge in [-0.25, -0.2) is 4.98 Å². The van der Waals surface area contributed by atoms with Crippen LogP contribution in [0.15, 0.2) is 5.38 Å². The average Bonchev–Trinajstić information content (AvgIpc) is 2.94. The molecule has 1 atom stereocenters. The summed E-state index contributed by atoms with van der Waals surface area (Å²) in [7, 11) is 0. The minimum Gasteiger partial charge on any atom is -0.341 e. The number of carbonyl (C=O) groups is 1. The second kappa shape index (κ2) is 6.88. The van der Waals surface area contributed by atoms with Crippen LogP contribution in [0.3, 0.4) is 0 Å². The van der Waals surface area contributed by atoms with Crippen molar-refractivity contribution in [3.05, 3.63) is 16.1 Å². The van der Waals surface area contributed by atoms with Crippen LogP contribution in [-0.2, 0) is 16.8 Å². The first-order valence-electron chi connectivity index (χ1n) is 7.85. The molecule has 1 aromatic heterocycles. The molecule has 0 spiro atoms. The molecule has 0 bridgehead atoms. The molecule has 2 heterocycles. The van der Waals surface area contributed by atoms with Crippen LogP contribution in [-0.4, -0.2) is 34.9 Å². The van der Waals surface area contributed by atoms with Gasteiger partial charge in [-0.2, -0.15) is 0 Å². The van der Waals surface area contributed by atoms with Gasteiger partial charge in [-0.1, -0.05) is 20.8 Å². The number of hydrogen-bond acceptors (Lipinski definition) is 4. The van der Waals surface area contributed by atoms with Gasteiger partial charge >= 0.3 is 0 Å². The Morgan fingerprint density at radius 1 is 1.38 bits per heavy atom. The fourth-order valence-corrected chi connectivity index (χ4v) is 3.37. The third-order valence-electron chi connectivity index (χ3n) is 3.82. The zero-order valence-corrected chi connectivity index (χ0v) is 14.4. The Morgan fingerprint density at radius 3 is 2.62 bits per heavy atom. The standard InChI is InChI=1S/C16H27N3OS/c1-12(14(20)19-8-6-5-7-9-19)17-10-13-11-21-15(18-13)16(2,3)4/h11-12,17H,5-10H2,1-4H3. The van der Waals surface area contributed by atoms with Crippen molar-refractivity contribution in [2.45, 2.75) is 65.0 Å². The predicted molar refractivity (Wildman–Crippen MR) is 87.5 cm³/mol. The van der Waals surface area contributed by atoms with E-state index in [1.807, 2.05) is 11.8 Å². The lowest BCUT2D eigenvalue weighted by Crippen LogP contribution is -2.46. The monoisotopic (exact) mass is 309 g/mol. The van der Waals surface area contributed by atoms with E-state index in [9.17, 15) is 4.79 Å². The van der Waals surface area contributed by atoms with E-state index in [1.165, 1.54) is 6.42 Å². The van der Waals surface area contributed by atoms with Crippen molar-refractivity contribution in [2.75, 3.05) is 13.1 Å². The number of likely N-dealkylation sites (tertiary alicyclic amines) is 1. The van der Waals surface area contributed by atoms with E-state index in [0.717, 1.165) is 36.6 Å². The van der Waals surface area contributed by atoms with Crippen LogP contribution >= 0.6 is 11.3 Å². The first kappa shape index (κ1) is 16.4. The summed E-state index contributed by atoms with van der Waals surface area (Å²) >= 11 is 1.70. The third kappa shape index (κ3) is 4.51. The largest absolute Gasteiger partial charge is 0.341 e. The minimum atomic E-state index is -0.136. The van der Waals surface area contributed by atoms with Gasteiger partial charge in [0, 0.05) is 30.4 Å². The van der Waals surface area contributed by atoms with Crippen LogP contribution in [0.2, 0.25) is 0 Å². The van der Waals surface area contributed by atoms with Crippen LogP contribution in [0.4, 0.5) is 0 Å². The molecule has 118 valence electrons. The highest BCUT2D eigenvalue weighted by Gasteiger charge is 2.22. The maximum atomic E-state index is 12.3. The molecule has 5 heteroatoms. The lowest BCUT2D eigenvalue weighted by Gasteiger charge is -2.29. The molecule has 0 saturated carbocycles. The Bertz CT molecular complexity index is 472. The molecule has 1 N–H and O–H groups in total. The summed E-state index contributed by atoms with van der Waals surface area (Å²) in [6.07, 6.45) is 3.53. The molecule has 1 unspecified atom stereocenters. The maximum absolute atomic E-state index is 12.3. The SMILES string of the molecule is CC(NCc1csc(C(C)(C)C)n1)C(=O)N1CCCCC1. The van der Waals surface area contributed by atoms with Crippen molar-refractivity contribution in [1.29, 1.82) is 0 Å². The lowest BCUT2D eigenvalue weighted by molar-refractivity contribution is -0.133. The van der Waals surface area contributed by atoms with Crippen molar-refractivity contribution >= 4 is 17.2 Å². The highest BCUT2D eigenvalue weighted by atomic mass is 32.1. The van der Waals surface area contributed by atoms with Crippen LogP contribution in [0, 0.1) is 0 Å². The summed E-state index contributed by atoms with van der Waals surface area (Å²) in [5.74, 6) is 0.223. The summed E-state index contributed by atoms with van der Waals surface area (Å²) in [4.78, 5) is 19.0. The van der Waals surface area contributed by atoms with Crippen LogP contribution in [0.1, 0.15) is 57.7 Å². The van der Waals surface area contributed by atoms with Crippen molar-refractivity contribution in [1.82, 2.24) is 15.2 Å². The molecule has 1 amide bonds. The van der Waals surface area contributed by atoms with Crippen molar-refractivity contribution in [3.63, 3.8) is 0 Å². The Balaban J connectivity index is 1.84. The summed E-state index contributed by atoms with van der Waals surface area (Å²) < 4.78 is 0. The van der Waals surface area contributed by atoms with E-state index in [0.29, 0.717) is 6.54 Å². The molecule has 2 rings (SSSR count). The van der Waals surface area contributed by atoms with Gasteiger partial charge in [0.15, 0.2) is 0 Å². The number of thiazole rings is 1. The van der Waals surface area contributed by atoms with Crippen molar-refractivity contribution in [3.8, 4) is 0 Å². The molecule has 4 nitrogen and oxygen atoms in total. The zero-order valence-electron chi connectivity index (χ0n) is 13.6. The fraction of sp³-hybridized carbons (Fsp3) is 0.750. The molecular weight excluding hydrogens is 282 g/mol. The van der Waals surface area contributed by atoms with Gasteiger partial charge in [0.1, 0.15) is 0 Å². The quantitative estimate of drug-likeness (QED) is 0.930. The van der Waals surface area contributed by atoms with Gasteiger partial charge in [-0.05, 0) is 26.2 Å². The van der Waals surface area contributed by atoms with Crippen LogP contribution in [0.25, 0.3) is 0 Å². The van der Waals surface area contributed by atoms with E-state index in [4.69, 9.17) is 0 Å². The van der Waals surface area contributed by atoms with Crippen LogP contribution in [0.5, 0.6) is 0 Å². The summed E-state index contributed by atoms with van der Waals surface area (Å²) in [5.41, 5.74) is 1.13. The highest BCUT2D eigenvalue weighted by molar-refractivity contribution is 7.09. The van der Waals surface area contributed by atoms with E-state index >= 15 is 0 Å². The summed E-state index contributed by atoms with van der Waals surface area (Å²) in [6.45, 7) is 11.0. The number of aromatic nitrogens is 1. The number of rotatable bonds is 4. The number of amides is 1. The second-order valence-corrected chi connectivity index (χ2v) is 7.74. The van der Waals surface area contributed by atoms with Crippen molar-refractivity contribution in [2.24, 2.45) is 0 Å². The van der Waals surface area contributed by atoms with Gasteiger partial charge in [-0.15, -0.1) is 11.3 Å². The molecule has 0 aromatic carbocycles. The van der Waals surface area contributed by atoms with Gasteiger partial charge in [0.05, 0.1) is 16.7 Å². The molecule has 0 radical (unpaired) electrons. The number of hydrogen-bond donors (Lipinski definition) is 1. The molecule has 21 heavy (non-hydrogen) atoms. The molecule has 0 aliphatic carbocycles. The highest BCUT2D eigenvalue weighted by Crippen LogP contribution is 2.25. The minimum absolute atomic E-state index is 0.0954. The maximum Gasteiger partial charge on any atom is 0.239 e. The number of nitrogens with zero attached hydrogens (tertiary/aromatic N) is 2. The molecule has 1 saturated heterocycles. The molecule has 1 aromatic rings. The van der Waals surface area contributed by atoms with E-state index in [1.54, 1.807) is 11.3 Å². The van der Waals surface area contributed by atoms with Crippen LogP contribution < -0.4 is 5.32 Å². The topological polar surface area (TPSA) is 45.2 Å². The number of nitrogens with one attached hydrogen (secondary N) is 1. The van der Waals surface area contributed by atoms with E-state index in [-0.39, 0.29) is 17.4 Å². The third-order valence-corrected chi connectivity index (χ3v) is 5.14. The fourth-order valence-electron chi connectivity index (χ4n) is 2.47. The second-order valence-electron chi connectivity index (χ2n) is 6.88. The van der Waals surface area contributed by atoms with Gasteiger partial charge in [0.2, 0.25) is 5.91 Å². The molecule has 1 aliphatic heterocycles. The predicted octanol–water partition coefficient (Wildman–Crippen LogP) is 2.93.